The highest BCUT2D eigenvalue weighted by Crippen LogP contribution is 2.35. The molecule has 2 aromatic rings. The van der Waals surface area contributed by atoms with Gasteiger partial charge < -0.3 is 9.80 Å². The molecular formula is C20H24N2O. The monoisotopic (exact) mass is 308 g/mol. The first-order chi connectivity index (χ1) is 11.2. The number of hydrogen-bond donors (Lipinski definition) is 0. The van der Waals surface area contributed by atoms with Crippen molar-refractivity contribution >= 4 is 17.3 Å². The second kappa shape index (κ2) is 6.86. The molecule has 1 aliphatic heterocycles. The van der Waals surface area contributed by atoms with E-state index < -0.39 is 0 Å². The van der Waals surface area contributed by atoms with Gasteiger partial charge >= 0.3 is 0 Å². The molecule has 0 aromatic heterocycles. The van der Waals surface area contributed by atoms with E-state index in [-0.39, 0.29) is 5.91 Å². The molecule has 23 heavy (non-hydrogen) atoms. The summed E-state index contributed by atoms with van der Waals surface area (Å²) in [6.07, 6.45) is 3.12. The Bertz CT molecular complexity index is 648. The summed E-state index contributed by atoms with van der Waals surface area (Å²) < 4.78 is 0. The Morgan fingerprint density at radius 2 is 1.52 bits per heavy atom. The summed E-state index contributed by atoms with van der Waals surface area (Å²) in [5.74, 6) is 0.127. The minimum absolute atomic E-state index is 0.127. The summed E-state index contributed by atoms with van der Waals surface area (Å²) in [7, 11) is 1.87. The van der Waals surface area contributed by atoms with Crippen molar-refractivity contribution in [2.45, 2.75) is 26.2 Å². The number of rotatable bonds is 4. The molecule has 0 spiro atoms. The summed E-state index contributed by atoms with van der Waals surface area (Å²) in [5.41, 5.74) is 5.43. The fourth-order valence-corrected chi connectivity index (χ4v) is 3.23. The molecule has 120 valence electrons. The average Bonchev–Trinajstić information content (AvgIpc) is 2.72. The number of carbonyl (C=O) groups is 1. The van der Waals surface area contributed by atoms with Gasteiger partial charge in [-0.2, -0.15) is 0 Å². The molecule has 0 atom stereocenters. The van der Waals surface area contributed by atoms with Gasteiger partial charge in [0, 0.05) is 38.4 Å². The lowest BCUT2D eigenvalue weighted by Gasteiger charge is -2.28. The van der Waals surface area contributed by atoms with E-state index in [0.717, 1.165) is 32.4 Å². The van der Waals surface area contributed by atoms with Crippen molar-refractivity contribution in [3.05, 3.63) is 59.7 Å². The van der Waals surface area contributed by atoms with Crippen LogP contribution >= 0.6 is 0 Å². The van der Waals surface area contributed by atoms with Crippen LogP contribution in [0.15, 0.2) is 48.5 Å². The van der Waals surface area contributed by atoms with Crippen LogP contribution in [0, 0.1) is 0 Å². The lowest BCUT2D eigenvalue weighted by atomic mass is 10.0. The van der Waals surface area contributed by atoms with Crippen molar-refractivity contribution in [3.8, 4) is 0 Å². The first-order valence-electron chi connectivity index (χ1n) is 8.32. The molecule has 1 heterocycles. The van der Waals surface area contributed by atoms with Gasteiger partial charge in [0.05, 0.1) is 0 Å². The van der Waals surface area contributed by atoms with E-state index in [2.05, 4.69) is 53.4 Å². The van der Waals surface area contributed by atoms with Crippen molar-refractivity contribution < 1.29 is 4.79 Å². The molecule has 3 nitrogen and oxygen atoms in total. The van der Waals surface area contributed by atoms with Crippen molar-refractivity contribution in [1.82, 2.24) is 4.90 Å². The number of carbonyl (C=O) groups excluding carboxylic acids is 1. The number of benzene rings is 2. The summed E-state index contributed by atoms with van der Waals surface area (Å²) in [4.78, 5) is 15.6. The van der Waals surface area contributed by atoms with Gasteiger partial charge in [-0.1, -0.05) is 36.4 Å². The first-order valence-corrected chi connectivity index (χ1v) is 8.32. The van der Waals surface area contributed by atoms with Gasteiger partial charge in [-0.25, -0.2) is 0 Å². The Balaban J connectivity index is 1.86. The normalized spacial score (nSPS) is 13.0. The Morgan fingerprint density at radius 1 is 1.00 bits per heavy atom. The zero-order valence-electron chi connectivity index (χ0n) is 14.0. The predicted octanol–water partition coefficient (Wildman–Crippen LogP) is 3.79. The van der Waals surface area contributed by atoms with Crippen molar-refractivity contribution in [2.24, 2.45) is 0 Å². The highest BCUT2D eigenvalue weighted by molar-refractivity contribution is 5.73. The van der Waals surface area contributed by atoms with Crippen LogP contribution in [0.3, 0.4) is 0 Å². The van der Waals surface area contributed by atoms with Gasteiger partial charge in [0.25, 0.3) is 0 Å². The quantitative estimate of drug-likeness (QED) is 0.858. The summed E-state index contributed by atoms with van der Waals surface area (Å²) in [6, 6.07) is 17.4. The van der Waals surface area contributed by atoms with E-state index in [4.69, 9.17) is 0 Å². The Labute approximate surface area is 138 Å². The van der Waals surface area contributed by atoms with Crippen molar-refractivity contribution in [1.29, 1.82) is 0 Å². The predicted molar refractivity (Wildman–Crippen MR) is 95.2 cm³/mol. The fraction of sp³-hybridized carbons (Fsp3) is 0.350. The molecule has 2 aromatic carbocycles. The van der Waals surface area contributed by atoms with Crippen LogP contribution in [0.5, 0.6) is 0 Å². The standard InChI is InChI=1S/C20H24N2O/c1-16(23)21(2)14-7-15-22-19-10-5-3-8-17(19)12-13-18-9-4-6-11-20(18)22/h3-6,8-11H,7,12-15H2,1-2H3. The highest BCUT2D eigenvalue weighted by Gasteiger charge is 2.19. The maximum Gasteiger partial charge on any atom is 0.219 e. The molecule has 0 radical (unpaired) electrons. The third-order valence-electron chi connectivity index (χ3n) is 4.64. The van der Waals surface area contributed by atoms with E-state index in [1.54, 1.807) is 11.8 Å². The van der Waals surface area contributed by atoms with Gasteiger partial charge in [-0.3, -0.25) is 4.79 Å². The largest absolute Gasteiger partial charge is 0.346 e. The van der Waals surface area contributed by atoms with Crippen molar-refractivity contribution in [2.75, 3.05) is 25.0 Å². The summed E-state index contributed by atoms with van der Waals surface area (Å²) in [6.45, 7) is 3.33. The van der Waals surface area contributed by atoms with Gasteiger partial charge in [0.1, 0.15) is 0 Å². The number of amides is 1. The molecule has 0 aliphatic carbocycles. The van der Waals surface area contributed by atoms with Crippen LogP contribution in [0.2, 0.25) is 0 Å². The maximum absolute atomic E-state index is 11.4. The first kappa shape index (κ1) is 15.6. The average molecular weight is 308 g/mol. The molecule has 0 saturated carbocycles. The highest BCUT2D eigenvalue weighted by atomic mass is 16.2. The van der Waals surface area contributed by atoms with Crippen LogP contribution in [0.25, 0.3) is 0 Å². The van der Waals surface area contributed by atoms with Crippen molar-refractivity contribution in [3.63, 3.8) is 0 Å². The SMILES string of the molecule is CC(=O)N(C)CCCN1c2ccccc2CCc2ccccc21. The van der Waals surface area contributed by atoms with Crippen LogP contribution < -0.4 is 4.90 Å². The Hall–Kier alpha value is -2.29. The zero-order chi connectivity index (χ0) is 16.2. The lowest BCUT2D eigenvalue weighted by Crippen LogP contribution is -2.28. The van der Waals surface area contributed by atoms with Crippen LogP contribution in [0.1, 0.15) is 24.5 Å². The summed E-state index contributed by atoms with van der Waals surface area (Å²) in [5, 5.41) is 0. The molecule has 3 rings (SSSR count). The van der Waals surface area contributed by atoms with E-state index in [9.17, 15) is 4.79 Å². The Kier molecular flexibility index (Phi) is 4.65. The second-order valence-electron chi connectivity index (χ2n) is 6.20. The minimum Gasteiger partial charge on any atom is -0.346 e. The number of anilines is 2. The number of hydrogen-bond acceptors (Lipinski definition) is 2. The Morgan fingerprint density at radius 3 is 2.04 bits per heavy atom. The van der Waals surface area contributed by atoms with E-state index >= 15 is 0 Å². The van der Waals surface area contributed by atoms with Gasteiger partial charge in [-0.15, -0.1) is 0 Å². The number of fused-ring (bicyclic) bond motifs is 2. The molecule has 1 amide bonds. The third-order valence-corrected chi connectivity index (χ3v) is 4.64. The smallest absolute Gasteiger partial charge is 0.219 e. The van der Waals surface area contributed by atoms with Gasteiger partial charge in [-0.05, 0) is 42.5 Å². The maximum atomic E-state index is 11.4. The zero-order valence-corrected chi connectivity index (χ0v) is 14.0. The summed E-state index contributed by atoms with van der Waals surface area (Å²) >= 11 is 0. The number of nitrogens with zero attached hydrogens (tertiary/aromatic N) is 2. The van der Waals surface area contributed by atoms with E-state index in [1.807, 2.05) is 7.05 Å². The third kappa shape index (κ3) is 3.39. The molecular weight excluding hydrogens is 284 g/mol. The molecule has 0 N–H and O–H groups in total. The van der Waals surface area contributed by atoms with Gasteiger partial charge in [0.2, 0.25) is 5.91 Å². The minimum atomic E-state index is 0.127. The number of aryl methyl sites for hydroxylation is 2. The second-order valence-corrected chi connectivity index (χ2v) is 6.20. The van der Waals surface area contributed by atoms with E-state index in [1.165, 1.54) is 22.5 Å². The van der Waals surface area contributed by atoms with Crippen LogP contribution in [-0.2, 0) is 17.6 Å². The fourth-order valence-electron chi connectivity index (χ4n) is 3.23. The van der Waals surface area contributed by atoms with Gasteiger partial charge in [0.15, 0.2) is 0 Å². The number of para-hydroxylation sites is 2. The topological polar surface area (TPSA) is 23.6 Å². The van der Waals surface area contributed by atoms with Crippen LogP contribution in [-0.4, -0.2) is 30.9 Å². The van der Waals surface area contributed by atoms with E-state index in [0.29, 0.717) is 0 Å². The molecule has 0 unspecified atom stereocenters. The lowest BCUT2D eigenvalue weighted by molar-refractivity contribution is -0.127. The molecule has 0 fully saturated rings. The molecule has 0 bridgehead atoms. The molecule has 1 aliphatic rings. The molecule has 3 heteroatoms. The molecule has 0 saturated heterocycles. The van der Waals surface area contributed by atoms with Crippen LogP contribution in [0.4, 0.5) is 11.4 Å².